The summed E-state index contributed by atoms with van der Waals surface area (Å²) in [6.45, 7) is -0.713. The Labute approximate surface area is 660 Å². The van der Waals surface area contributed by atoms with Crippen molar-refractivity contribution < 1.29 is 161 Å². The molecule has 6 heterocycles. The normalized spacial score (nSPS) is 23.3. The number of carbonyl (C=O) groups is 6. The van der Waals surface area contributed by atoms with E-state index >= 15 is 0 Å². The Morgan fingerprint density at radius 3 is 1.22 bits per heavy atom. The van der Waals surface area contributed by atoms with E-state index in [-0.39, 0.29) is 97.4 Å². The monoisotopic (exact) mass is 1760 g/mol. The molecule has 54 heteroatoms. The molecule has 9 rings (SSSR count). The number of rotatable bonds is 48. The lowest BCUT2D eigenvalue weighted by Gasteiger charge is -2.36. The number of carbonyl (C=O) groups excluding carboxylic acids is 6. The molecule has 2 saturated carbocycles. The highest BCUT2D eigenvalue weighted by Gasteiger charge is 2.52. The van der Waals surface area contributed by atoms with E-state index in [1.165, 1.54) is 27.7 Å². The van der Waals surface area contributed by atoms with Crippen molar-refractivity contribution in [2.75, 3.05) is 64.1 Å². The lowest BCUT2D eigenvalue weighted by Crippen LogP contribution is -2.46. The summed E-state index contributed by atoms with van der Waals surface area (Å²) in [5.41, 5.74) is 9.04. The second kappa shape index (κ2) is 38.2. The van der Waals surface area contributed by atoms with E-state index in [0.717, 1.165) is 45.6 Å². The number of anilines is 2. The van der Waals surface area contributed by atoms with Crippen molar-refractivity contribution in [1.82, 2.24) is 60.3 Å². The van der Waals surface area contributed by atoms with Gasteiger partial charge in [0.25, 0.3) is 31.3 Å². The Bertz CT molecular complexity index is 4390. The first-order chi connectivity index (χ1) is 54.0. The predicted molar refractivity (Wildman–Crippen MR) is 376 cm³/mol. The number of hydrogen-bond donors (Lipinski definition) is 10. The Morgan fingerprint density at radius 2 is 0.879 bits per heavy atom. The van der Waals surface area contributed by atoms with Crippen LogP contribution in [0, 0.1) is 21.7 Å². The number of imidazole rings is 2. The molecule has 2 saturated heterocycles. The average Bonchev–Trinajstić information content (AvgIpc) is 1.91. The van der Waals surface area contributed by atoms with Gasteiger partial charge in [0.05, 0.1) is 54.7 Å². The third-order valence-electron chi connectivity index (χ3n) is 19.7. The number of amides is 4. The van der Waals surface area contributed by atoms with Crippen LogP contribution in [0.15, 0.2) is 49.6 Å². The van der Waals surface area contributed by atoms with Crippen LogP contribution in [0.4, 0.5) is 11.6 Å². The standard InChI is InChI=1S/C62H94N14O34P6/c1-59(2,29-103-115(97,98)109-113(93,94)101-27-37-47(107-111(87,88)89)45(81)57(105-37)75-33-73-43-51(63)69-31-71-53(43)75)49(83)55(85)67-25-15-41(79)65-23-13-39(77)61(19-20-61)17-7-11-35-9-5-6-10-36(35)12-8-18-62(21-22-62)40(78)14-24-66-42(80)16-26-68-56(86)50(84)60(3,4)30-104-116(99,100)110-114(95,96)102-28-38-48(108-112(90,91)92)46(82)58(106-38)76-34-74-44-52(64)70-32-72-54(44)76/h5-6,9-10,31-34,37-38,45-50,57-58,81-84H,7-8,11-30H2,1-4H3,(H,65,79)(H,66,80)(H,67,85)(H,68,86)(H,93,94)(H,95,96)(H,97,98)(H,99,100)(H2,63,69,71)(H2,64,70,72)(H2,87,88,89)(H2,90,91,92)/p-8. The molecule has 1 aromatic carbocycles. The van der Waals surface area contributed by atoms with Gasteiger partial charge in [-0.2, -0.15) is 0 Å². The van der Waals surface area contributed by atoms with Crippen molar-refractivity contribution in [2.24, 2.45) is 21.7 Å². The lowest BCUT2D eigenvalue weighted by atomic mass is 9.87. The van der Waals surface area contributed by atoms with Crippen molar-refractivity contribution >= 4 is 116 Å². The highest BCUT2D eigenvalue weighted by molar-refractivity contribution is 7.60. The number of nitrogen functional groups attached to an aromatic ring is 2. The summed E-state index contributed by atoms with van der Waals surface area (Å²) in [5.74, 6) is -3.51. The molecular weight excluding hydrogens is 1670 g/mol. The van der Waals surface area contributed by atoms with Crippen LogP contribution in [0.25, 0.3) is 22.3 Å². The van der Waals surface area contributed by atoms with E-state index in [0.29, 0.717) is 64.2 Å². The second-order valence-electron chi connectivity index (χ2n) is 29.3. The van der Waals surface area contributed by atoms with Crippen LogP contribution < -0.4 is 71.9 Å². The van der Waals surface area contributed by atoms with E-state index < -0.39 is 180 Å². The Morgan fingerprint density at radius 1 is 0.534 bits per heavy atom. The minimum Gasteiger partial charge on any atom is -0.790 e. The van der Waals surface area contributed by atoms with E-state index in [9.17, 15) is 116 Å². The number of nitrogens with zero attached hydrogens (tertiary/aromatic N) is 8. The van der Waals surface area contributed by atoms with Gasteiger partial charge >= 0.3 is 0 Å². The van der Waals surface area contributed by atoms with E-state index in [1.807, 2.05) is 24.3 Å². The number of fused-ring (bicyclic) bond motifs is 2. The maximum Gasteiger partial charge on any atom is 0.274 e. The zero-order valence-corrected chi connectivity index (χ0v) is 67.8. The van der Waals surface area contributed by atoms with Crippen molar-refractivity contribution in [2.45, 2.75) is 179 Å². The summed E-state index contributed by atoms with van der Waals surface area (Å²) in [5, 5.41) is 53.3. The molecule has 0 spiro atoms. The number of nitrogens with one attached hydrogen (secondary N) is 4. The number of Topliss-reactive ketones (excluding diaryl/α,β-unsaturated/α-hetero) is 2. The number of ether oxygens (including phenoxy) is 2. The summed E-state index contributed by atoms with van der Waals surface area (Å²) < 4.78 is 123. The first kappa shape index (κ1) is 93.5. The van der Waals surface area contributed by atoms with Gasteiger partial charge in [0.15, 0.2) is 35.4 Å². The first-order valence-corrected chi connectivity index (χ1v) is 44.6. The van der Waals surface area contributed by atoms with Crippen molar-refractivity contribution in [3.63, 3.8) is 0 Å². The number of aliphatic hydroxyl groups is 4. The molecule has 48 nitrogen and oxygen atoms in total. The predicted octanol–water partition coefficient (Wildman–Crippen LogP) is -4.41. The molecule has 0 bridgehead atoms. The zero-order chi connectivity index (χ0) is 85.4. The molecule has 4 aliphatic rings. The average molecular weight is 1760 g/mol. The molecular formula is C62H86N14O34P6-8. The van der Waals surface area contributed by atoms with Crippen molar-refractivity contribution in [1.29, 1.82) is 0 Å². The van der Waals surface area contributed by atoms with Crippen molar-refractivity contribution in [3.8, 4) is 0 Å². The summed E-state index contributed by atoms with van der Waals surface area (Å²) in [6.07, 6.45) is -9.25. The SMILES string of the molecule is CC(C)(COP(=O)([O-])OP(=O)([O-])OCC1OC(n2cnc3c(N)ncnc32)C(O)C1OP(=O)([O-])[O-])C(O)C(=O)NCCC(=O)NCCC(=O)C1(CCCc2ccccc2CCCC2(C(=O)CCNC(=O)CCNC(=O)C(O)C(C)(C)COP(=O)([O-])OP(=O)([O-])OCC3OC(n4cnc5c(N)ncnc54)C(O)C3OP(=O)([O-])[O-])CC2)CC1. The van der Waals surface area contributed by atoms with Gasteiger partial charge in [0, 0.05) is 73.5 Å². The number of ketones is 2. The molecule has 4 aromatic heterocycles. The van der Waals surface area contributed by atoms with Crippen LogP contribution in [0.2, 0.25) is 0 Å². The second-order valence-corrected chi connectivity index (χ2v) is 37.5. The molecule has 0 radical (unpaired) electrons. The molecule has 12 N–H and O–H groups in total. The van der Waals surface area contributed by atoms with Gasteiger partial charge < -0.3 is 138 Å². The van der Waals surface area contributed by atoms with Crippen LogP contribution in [-0.4, -0.2) is 196 Å². The fourth-order valence-electron chi connectivity index (χ4n) is 12.9. The number of hydrogen-bond acceptors (Lipinski definition) is 42. The van der Waals surface area contributed by atoms with Crippen LogP contribution in [0.1, 0.15) is 128 Å². The van der Waals surface area contributed by atoms with Crippen LogP contribution >= 0.6 is 46.9 Å². The molecule has 2 aliphatic carbocycles. The Kier molecular flexibility index (Phi) is 30.8. The van der Waals surface area contributed by atoms with Gasteiger partial charge in [-0.05, 0) is 75.3 Å². The van der Waals surface area contributed by atoms with Gasteiger partial charge in [0.2, 0.25) is 23.6 Å². The van der Waals surface area contributed by atoms with Gasteiger partial charge in [-0.1, -0.05) is 52.0 Å². The first-order valence-electron chi connectivity index (χ1n) is 35.8. The molecule has 14 unspecified atom stereocenters. The number of aryl methyl sites for hydroxylation is 2. The number of aliphatic hydroxyl groups excluding tert-OH is 4. The lowest BCUT2D eigenvalue weighted by molar-refractivity contribution is -0.348. The van der Waals surface area contributed by atoms with E-state index in [1.54, 1.807) is 0 Å². The topological polar surface area (TPSA) is 750 Å². The fraction of sp³-hybridized carbons (Fsp3) is 0.645. The summed E-state index contributed by atoms with van der Waals surface area (Å²) in [7, 11) is -35.7. The third kappa shape index (κ3) is 25.6. The molecule has 646 valence electrons. The van der Waals surface area contributed by atoms with E-state index in [2.05, 4.69) is 86.9 Å². The van der Waals surface area contributed by atoms with Crippen LogP contribution in [0.3, 0.4) is 0 Å². The largest absolute Gasteiger partial charge is 0.790 e. The van der Waals surface area contributed by atoms with Crippen molar-refractivity contribution in [3.05, 3.63) is 60.7 Å². The molecule has 14 atom stereocenters. The maximum atomic E-state index is 13.5. The quantitative estimate of drug-likeness (QED) is 0.0164. The zero-order valence-electron chi connectivity index (χ0n) is 62.4. The third-order valence-corrected chi connectivity index (χ3v) is 25.7. The minimum absolute atomic E-state index is 0.000107. The Balaban J connectivity index is 0.607. The number of phosphoric acid groups is 6. The molecule has 4 amide bonds. The van der Waals surface area contributed by atoms with Gasteiger partial charge in [-0.15, -0.1) is 0 Å². The van der Waals surface area contributed by atoms with Crippen LogP contribution in [0.5, 0.6) is 0 Å². The highest BCUT2D eigenvalue weighted by atomic mass is 31.3. The fourth-order valence-corrected chi connectivity index (χ4v) is 18.4. The molecule has 2 aliphatic heterocycles. The number of phosphoric ester groups is 6. The van der Waals surface area contributed by atoms with Gasteiger partial charge in [0.1, 0.15) is 84.1 Å². The smallest absolute Gasteiger partial charge is 0.274 e. The summed E-state index contributed by atoms with van der Waals surface area (Å²) in [6, 6.07) is 7.87. The molecule has 116 heavy (non-hydrogen) atoms. The minimum atomic E-state index is -6.00. The summed E-state index contributed by atoms with van der Waals surface area (Å²) in [4.78, 5) is 199. The maximum absolute atomic E-state index is 13.5. The van der Waals surface area contributed by atoms with Crippen LogP contribution in [-0.2, 0) is 114 Å². The van der Waals surface area contributed by atoms with Gasteiger partial charge in [-0.3, -0.25) is 56.2 Å². The summed E-state index contributed by atoms with van der Waals surface area (Å²) >= 11 is 0. The number of benzene rings is 1. The highest BCUT2D eigenvalue weighted by Crippen LogP contribution is 2.59. The Hall–Kier alpha value is -6.36. The number of aromatic nitrogens is 8. The molecule has 4 fully saturated rings. The molecule has 5 aromatic rings. The van der Waals surface area contributed by atoms with Gasteiger partial charge in [-0.25, -0.2) is 38.5 Å². The number of nitrogens with two attached hydrogens (primary N) is 2. The van der Waals surface area contributed by atoms with E-state index in [4.69, 9.17) is 20.9 Å².